The lowest BCUT2D eigenvalue weighted by atomic mass is 9.99. The number of nitrogens with zero attached hydrogens (tertiary/aromatic N) is 1. The van der Waals surface area contributed by atoms with Gasteiger partial charge in [-0.2, -0.15) is 0 Å². The summed E-state index contributed by atoms with van der Waals surface area (Å²) < 4.78 is 0. The van der Waals surface area contributed by atoms with Crippen LogP contribution in [0.25, 0.3) is 0 Å². The van der Waals surface area contributed by atoms with Crippen molar-refractivity contribution in [1.82, 2.24) is 4.98 Å². The molecule has 1 atom stereocenters. The van der Waals surface area contributed by atoms with Gasteiger partial charge in [0.15, 0.2) is 0 Å². The molecule has 0 saturated carbocycles. The topological polar surface area (TPSA) is 12.9 Å². The summed E-state index contributed by atoms with van der Waals surface area (Å²) in [6.45, 7) is 4.40. The molecule has 2 heteroatoms. The summed E-state index contributed by atoms with van der Waals surface area (Å²) in [4.78, 5) is 4.01. The summed E-state index contributed by atoms with van der Waals surface area (Å²) in [6, 6.07) is 12.6. The molecule has 0 bridgehead atoms. The first-order valence-corrected chi connectivity index (χ1v) is 6.73. The van der Waals surface area contributed by atoms with Crippen molar-refractivity contribution in [3.8, 4) is 0 Å². The van der Waals surface area contributed by atoms with Crippen LogP contribution in [0.3, 0.4) is 0 Å². The van der Waals surface area contributed by atoms with E-state index >= 15 is 0 Å². The molecule has 0 radical (unpaired) electrons. The Morgan fingerprint density at radius 1 is 0.944 bits per heavy atom. The zero-order chi connectivity index (χ0) is 13.0. The maximum absolute atomic E-state index is 6.45. The van der Waals surface area contributed by atoms with Crippen molar-refractivity contribution in [2.75, 3.05) is 0 Å². The fraction of sp³-hybridized carbons (Fsp3) is 0.312. The third-order valence-corrected chi connectivity index (χ3v) is 3.54. The monoisotopic (exact) mass is 259 g/mol. The van der Waals surface area contributed by atoms with Gasteiger partial charge < -0.3 is 0 Å². The van der Waals surface area contributed by atoms with Gasteiger partial charge in [-0.3, -0.25) is 4.98 Å². The van der Waals surface area contributed by atoms with Gasteiger partial charge in [-0.25, -0.2) is 0 Å². The molecular formula is C16H18ClN. The molecule has 2 rings (SSSR count). The zero-order valence-corrected chi connectivity index (χ0v) is 11.6. The van der Waals surface area contributed by atoms with Gasteiger partial charge in [-0.1, -0.05) is 38.1 Å². The lowest BCUT2D eigenvalue weighted by Crippen LogP contribution is -1.97. The van der Waals surface area contributed by atoms with Gasteiger partial charge in [0.1, 0.15) is 0 Å². The molecule has 0 saturated heterocycles. The van der Waals surface area contributed by atoms with Gasteiger partial charge in [0, 0.05) is 12.4 Å². The SMILES string of the molecule is CC(C)c1ccc(C(Cl)Cc2ccncc2)cc1. The minimum absolute atomic E-state index is 0.0219. The molecule has 0 spiro atoms. The molecule has 0 amide bonds. The molecule has 0 aliphatic heterocycles. The average Bonchev–Trinajstić information content (AvgIpc) is 2.40. The van der Waals surface area contributed by atoms with Crippen molar-refractivity contribution in [1.29, 1.82) is 0 Å². The first-order valence-electron chi connectivity index (χ1n) is 6.29. The highest BCUT2D eigenvalue weighted by Crippen LogP contribution is 2.26. The molecule has 2 aromatic rings. The quantitative estimate of drug-likeness (QED) is 0.724. The van der Waals surface area contributed by atoms with E-state index in [1.807, 2.05) is 12.1 Å². The second kappa shape index (κ2) is 6.01. The van der Waals surface area contributed by atoms with Crippen LogP contribution in [0, 0.1) is 0 Å². The van der Waals surface area contributed by atoms with Crippen molar-refractivity contribution in [3.63, 3.8) is 0 Å². The molecule has 1 nitrogen and oxygen atoms in total. The normalized spacial score (nSPS) is 12.7. The average molecular weight is 260 g/mol. The molecule has 0 fully saturated rings. The molecule has 94 valence electrons. The Balaban J connectivity index is 2.07. The van der Waals surface area contributed by atoms with E-state index in [9.17, 15) is 0 Å². The van der Waals surface area contributed by atoms with Crippen LogP contribution in [0.15, 0.2) is 48.8 Å². The second-order valence-electron chi connectivity index (χ2n) is 4.85. The molecule has 1 aromatic carbocycles. The van der Waals surface area contributed by atoms with Crippen LogP contribution < -0.4 is 0 Å². The molecule has 1 heterocycles. The second-order valence-corrected chi connectivity index (χ2v) is 5.38. The summed E-state index contributed by atoms with van der Waals surface area (Å²) in [5, 5.41) is 0.0219. The molecule has 0 aliphatic carbocycles. The van der Waals surface area contributed by atoms with Crippen LogP contribution in [0.5, 0.6) is 0 Å². The van der Waals surface area contributed by atoms with Gasteiger partial charge in [-0.05, 0) is 41.2 Å². The highest BCUT2D eigenvalue weighted by molar-refractivity contribution is 6.20. The van der Waals surface area contributed by atoms with Gasteiger partial charge in [0.2, 0.25) is 0 Å². The fourth-order valence-corrected chi connectivity index (χ4v) is 2.26. The predicted molar refractivity (Wildman–Crippen MR) is 77.1 cm³/mol. The number of benzene rings is 1. The van der Waals surface area contributed by atoms with E-state index in [0.29, 0.717) is 5.92 Å². The van der Waals surface area contributed by atoms with E-state index in [2.05, 4.69) is 43.1 Å². The van der Waals surface area contributed by atoms with E-state index in [-0.39, 0.29) is 5.38 Å². The summed E-state index contributed by atoms with van der Waals surface area (Å²) in [6.07, 6.45) is 4.45. The van der Waals surface area contributed by atoms with E-state index in [4.69, 9.17) is 11.6 Å². The number of hydrogen-bond acceptors (Lipinski definition) is 1. The molecule has 0 N–H and O–H groups in total. The minimum Gasteiger partial charge on any atom is -0.265 e. The minimum atomic E-state index is 0.0219. The number of halogens is 1. The lowest BCUT2D eigenvalue weighted by Gasteiger charge is -2.12. The van der Waals surface area contributed by atoms with Gasteiger partial charge in [0.05, 0.1) is 5.38 Å². The van der Waals surface area contributed by atoms with Crippen LogP contribution >= 0.6 is 11.6 Å². The Bertz CT molecular complexity index is 476. The van der Waals surface area contributed by atoms with E-state index < -0.39 is 0 Å². The fourth-order valence-electron chi connectivity index (χ4n) is 1.93. The maximum Gasteiger partial charge on any atom is 0.0625 e. The smallest absolute Gasteiger partial charge is 0.0625 e. The highest BCUT2D eigenvalue weighted by atomic mass is 35.5. The van der Waals surface area contributed by atoms with Crippen molar-refractivity contribution in [2.45, 2.75) is 31.6 Å². The first kappa shape index (κ1) is 13.1. The largest absolute Gasteiger partial charge is 0.265 e. The van der Waals surface area contributed by atoms with Crippen LogP contribution in [-0.4, -0.2) is 4.98 Å². The van der Waals surface area contributed by atoms with E-state index in [1.165, 1.54) is 16.7 Å². The molecule has 0 aliphatic rings. The lowest BCUT2D eigenvalue weighted by molar-refractivity contribution is 0.859. The van der Waals surface area contributed by atoms with Gasteiger partial charge in [0.25, 0.3) is 0 Å². The van der Waals surface area contributed by atoms with Crippen LogP contribution in [0.4, 0.5) is 0 Å². The van der Waals surface area contributed by atoms with Crippen LogP contribution in [0.2, 0.25) is 0 Å². The molecule has 18 heavy (non-hydrogen) atoms. The number of alkyl halides is 1. The van der Waals surface area contributed by atoms with Crippen LogP contribution in [-0.2, 0) is 6.42 Å². The zero-order valence-electron chi connectivity index (χ0n) is 10.8. The third kappa shape index (κ3) is 3.33. The summed E-state index contributed by atoms with van der Waals surface area (Å²) in [5.41, 5.74) is 3.75. The van der Waals surface area contributed by atoms with E-state index in [1.54, 1.807) is 12.4 Å². The first-order chi connectivity index (χ1) is 8.66. The standard InChI is InChI=1S/C16H18ClN/c1-12(2)14-3-5-15(6-4-14)16(17)11-13-7-9-18-10-8-13/h3-10,12,16H,11H2,1-2H3. The summed E-state index contributed by atoms with van der Waals surface area (Å²) in [5.74, 6) is 0.563. The van der Waals surface area contributed by atoms with Crippen molar-refractivity contribution >= 4 is 11.6 Å². The predicted octanol–water partition coefficient (Wildman–Crippen LogP) is 4.73. The van der Waals surface area contributed by atoms with Crippen LogP contribution in [0.1, 0.15) is 41.8 Å². The molecular weight excluding hydrogens is 242 g/mol. The number of pyridine rings is 1. The highest BCUT2D eigenvalue weighted by Gasteiger charge is 2.09. The van der Waals surface area contributed by atoms with Crippen molar-refractivity contribution in [2.24, 2.45) is 0 Å². The Morgan fingerprint density at radius 3 is 2.06 bits per heavy atom. The third-order valence-electron chi connectivity index (χ3n) is 3.13. The molecule has 1 aromatic heterocycles. The molecule has 1 unspecified atom stereocenters. The number of rotatable bonds is 4. The maximum atomic E-state index is 6.45. The Morgan fingerprint density at radius 2 is 1.50 bits per heavy atom. The summed E-state index contributed by atoms with van der Waals surface area (Å²) >= 11 is 6.45. The van der Waals surface area contributed by atoms with Gasteiger partial charge in [-0.15, -0.1) is 11.6 Å². The Labute approximate surface area is 114 Å². The Hall–Kier alpha value is -1.34. The number of aromatic nitrogens is 1. The van der Waals surface area contributed by atoms with Crippen molar-refractivity contribution in [3.05, 3.63) is 65.5 Å². The van der Waals surface area contributed by atoms with E-state index in [0.717, 1.165) is 6.42 Å². The van der Waals surface area contributed by atoms with Gasteiger partial charge >= 0.3 is 0 Å². The Kier molecular flexibility index (Phi) is 4.38. The number of hydrogen-bond donors (Lipinski definition) is 0. The summed E-state index contributed by atoms with van der Waals surface area (Å²) in [7, 11) is 0. The van der Waals surface area contributed by atoms with Crippen molar-refractivity contribution < 1.29 is 0 Å².